The molecule has 3 rings (SSSR count). The van der Waals surface area contributed by atoms with Crippen molar-refractivity contribution in [2.75, 3.05) is 11.1 Å². The van der Waals surface area contributed by atoms with Gasteiger partial charge in [0.05, 0.1) is 16.5 Å². The zero-order valence-corrected chi connectivity index (χ0v) is 15.4. The Morgan fingerprint density at radius 1 is 1.24 bits per heavy atom. The van der Waals surface area contributed by atoms with Gasteiger partial charge in [0.2, 0.25) is 5.91 Å². The Labute approximate surface area is 155 Å². The number of halogens is 1. The van der Waals surface area contributed by atoms with E-state index in [0.29, 0.717) is 15.9 Å². The number of hydrogen-bond donors (Lipinski definition) is 1. The van der Waals surface area contributed by atoms with Crippen LogP contribution in [0, 0.1) is 13.8 Å². The summed E-state index contributed by atoms with van der Waals surface area (Å²) in [4.78, 5) is 12.3. The number of thioether (sulfide) groups is 1. The maximum absolute atomic E-state index is 12.3. The van der Waals surface area contributed by atoms with Crippen LogP contribution < -0.4 is 5.32 Å². The first kappa shape index (κ1) is 17.5. The van der Waals surface area contributed by atoms with Crippen molar-refractivity contribution < 1.29 is 4.79 Å². The van der Waals surface area contributed by atoms with E-state index in [-0.39, 0.29) is 11.7 Å². The monoisotopic (exact) mass is 372 g/mol. The van der Waals surface area contributed by atoms with Gasteiger partial charge in [-0.25, -0.2) is 0 Å². The van der Waals surface area contributed by atoms with Crippen molar-refractivity contribution in [1.82, 2.24) is 14.8 Å². The lowest BCUT2D eigenvalue weighted by Gasteiger charge is -2.11. The second kappa shape index (κ2) is 7.72. The molecule has 0 atom stereocenters. The van der Waals surface area contributed by atoms with Crippen molar-refractivity contribution in [2.24, 2.45) is 0 Å². The van der Waals surface area contributed by atoms with Gasteiger partial charge in [-0.3, -0.25) is 9.36 Å². The van der Waals surface area contributed by atoms with Gasteiger partial charge in [0.15, 0.2) is 5.16 Å². The molecule has 128 valence electrons. The molecular weight excluding hydrogens is 356 g/mol. The number of carbonyl (C=O) groups excluding carboxylic acids is 1. The number of nitrogens with zero attached hydrogens (tertiary/aromatic N) is 3. The lowest BCUT2D eigenvalue weighted by Crippen LogP contribution is -2.15. The molecule has 0 aliphatic heterocycles. The van der Waals surface area contributed by atoms with Crippen molar-refractivity contribution >= 4 is 35.0 Å². The predicted octanol–water partition coefficient (Wildman–Crippen LogP) is 4.27. The van der Waals surface area contributed by atoms with Crippen molar-refractivity contribution in [2.45, 2.75) is 19.0 Å². The van der Waals surface area contributed by atoms with Gasteiger partial charge in [0, 0.05) is 5.69 Å². The Balaban J connectivity index is 1.67. The van der Waals surface area contributed by atoms with Gasteiger partial charge in [0.1, 0.15) is 6.33 Å². The number of carbonyl (C=O) groups is 1. The summed E-state index contributed by atoms with van der Waals surface area (Å²) in [6.45, 7) is 3.89. The average Bonchev–Trinajstić information content (AvgIpc) is 3.05. The summed E-state index contributed by atoms with van der Waals surface area (Å²) in [5, 5.41) is 12.1. The molecule has 0 saturated heterocycles. The third kappa shape index (κ3) is 4.21. The van der Waals surface area contributed by atoms with E-state index < -0.39 is 0 Å². The Bertz CT molecular complexity index is 872. The van der Waals surface area contributed by atoms with Crippen LogP contribution in [0.25, 0.3) is 5.69 Å². The highest BCUT2D eigenvalue weighted by Gasteiger charge is 2.13. The molecule has 0 unspecified atom stereocenters. The zero-order chi connectivity index (χ0) is 17.8. The summed E-state index contributed by atoms with van der Waals surface area (Å²) < 4.78 is 1.85. The number of amides is 1. The van der Waals surface area contributed by atoms with Crippen LogP contribution in [0.3, 0.4) is 0 Å². The van der Waals surface area contributed by atoms with E-state index in [9.17, 15) is 4.79 Å². The van der Waals surface area contributed by atoms with E-state index >= 15 is 0 Å². The molecule has 1 heterocycles. The molecule has 0 aliphatic rings. The number of benzene rings is 2. The van der Waals surface area contributed by atoms with E-state index in [1.807, 2.05) is 60.9 Å². The number of rotatable bonds is 5. The average molecular weight is 373 g/mol. The van der Waals surface area contributed by atoms with Crippen LogP contribution in [0.2, 0.25) is 5.02 Å². The number of nitrogens with one attached hydrogen (secondary N) is 1. The van der Waals surface area contributed by atoms with Crippen LogP contribution in [-0.2, 0) is 4.79 Å². The van der Waals surface area contributed by atoms with Crippen molar-refractivity contribution in [3.8, 4) is 5.69 Å². The van der Waals surface area contributed by atoms with Gasteiger partial charge < -0.3 is 5.32 Å². The van der Waals surface area contributed by atoms with Gasteiger partial charge in [-0.2, -0.15) is 0 Å². The van der Waals surface area contributed by atoms with Crippen LogP contribution in [0.15, 0.2) is 53.9 Å². The number of aryl methyl sites for hydroxylation is 2. The molecular formula is C18H17ClN4OS. The summed E-state index contributed by atoms with van der Waals surface area (Å²) in [7, 11) is 0. The minimum absolute atomic E-state index is 0.138. The van der Waals surface area contributed by atoms with Gasteiger partial charge in [0.25, 0.3) is 0 Å². The van der Waals surface area contributed by atoms with Crippen molar-refractivity contribution in [3.63, 3.8) is 0 Å². The molecule has 1 aromatic heterocycles. The second-order valence-corrected chi connectivity index (χ2v) is 6.94. The Morgan fingerprint density at radius 2 is 2.00 bits per heavy atom. The molecule has 2 aromatic carbocycles. The molecule has 1 N–H and O–H groups in total. The SMILES string of the molecule is Cc1cc(C)c(NC(=O)CSc2nncn2-c2ccccc2)c(Cl)c1. The Hall–Kier alpha value is -2.31. The Kier molecular flexibility index (Phi) is 5.40. The van der Waals surface area contributed by atoms with Crippen LogP contribution in [0.4, 0.5) is 5.69 Å². The molecule has 0 aliphatic carbocycles. The van der Waals surface area contributed by atoms with Gasteiger partial charge in [-0.15, -0.1) is 10.2 Å². The largest absolute Gasteiger partial charge is 0.324 e. The number of hydrogen-bond acceptors (Lipinski definition) is 4. The summed E-state index contributed by atoms with van der Waals surface area (Å²) in [6, 6.07) is 13.6. The normalized spacial score (nSPS) is 10.7. The van der Waals surface area contributed by atoms with Crippen LogP contribution in [-0.4, -0.2) is 26.4 Å². The van der Waals surface area contributed by atoms with E-state index in [0.717, 1.165) is 16.8 Å². The van der Waals surface area contributed by atoms with Crippen molar-refractivity contribution in [3.05, 3.63) is 64.9 Å². The summed E-state index contributed by atoms with van der Waals surface area (Å²) in [6.07, 6.45) is 1.64. The first-order valence-corrected chi connectivity index (χ1v) is 9.06. The van der Waals surface area contributed by atoms with E-state index in [4.69, 9.17) is 11.6 Å². The standard InChI is InChI=1S/C18H17ClN4OS/c1-12-8-13(2)17(15(19)9-12)21-16(24)10-25-18-22-20-11-23(18)14-6-4-3-5-7-14/h3-9,11H,10H2,1-2H3,(H,21,24). The maximum Gasteiger partial charge on any atom is 0.234 e. The highest BCUT2D eigenvalue weighted by Crippen LogP contribution is 2.28. The smallest absolute Gasteiger partial charge is 0.234 e. The topological polar surface area (TPSA) is 59.8 Å². The van der Waals surface area contributed by atoms with Gasteiger partial charge in [-0.1, -0.05) is 47.6 Å². The first-order valence-electron chi connectivity index (χ1n) is 7.69. The lowest BCUT2D eigenvalue weighted by atomic mass is 10.1. The zero-order valence-electron chi connectivity index (χ0n) is 13.9. The van der Waals surface area contributed by atoms with Crippen molar-refractivity contribution in [1.29, 1.82) is 0 Å². The number of aromatic nitrogens is 3. The molecule has 0 spiro atoms. The molecule has 7 heteroatoms. The fraction of sp³-hybridized carbons (Fsp3) is 0.167. The maximum atomic E-state index is 12.3. The summed E-state index contributed by atoms with van der Waals surface area (Å²) in [5.74, 6) is 0.0799. The van der Waals surface area contributed by atoms with E-state index in [1.54, 1.807) is 6.33 Å². The first-order chi connectivity index (χ1) is 12.0. The van der Waals surface area contributed by atoms with Crippen LogP contribution >= 0.6 is 23.4 Å². The third-order valence-corrected chi connectivity index (χ3v) is 4.82. The molecule has 0 radical (unpaired) electrons. The predicted molar refractivity (Wildman–Crippen MR) is 102 cm³/mol. The molecule has 3 aromatic rings. The molecule has 0 saturated carbocycles. The number of anilines is 1. The Morgan fingerprint density at radius 3 is 2.72 bits per heavy atom. The molecule has 0 fully saturated rings. The fourth-order valence-corrected chi connectivity index (χ4v) is 3.57. The molecule has 0 bridgehead atoms. The molecule has 1 amide bonds. The lowest BCUT2D eigenvalue weighted by molar-refractivity contribution is -0.113. The quantitative estimate of drug-likeness (QED) is 0.679. The van der Waals surface area contributed by atoms with E-state index in [1.165, 1.54) is 11.8 Å². The molecule has 5 nitrogen and oxygen atoms in total. The minimum atomic E-state index is -0.138. The fourth-order valence-electron chi connectivity index (χ4n) is 2.47. The van der Waals surface area contributed by atoms with Gasteiger partial charge in [-0.05, 0) is 43.2 Å². The van der Waals surface area contributed by atoms with E-state index in [2.05, 4.69) is 15.5 Å². The number of para-hydroxylation sites is 1. The summed E-state index contributed by atoms with van der Waals surface area (Å²) in [5.41, 5.74) is 3.61. The highest BCUT2D eigenvalue weighted by atomic mass is 35.5. The summed E-state index contributed by atoms with van der Waals surface area (Å²) >= 11 is 7.56. The van der Waals surface area contributed by atoms with Crippen LogP contribution in [0.1, 0.15) is 11.1 Å². The third-order valence-electron chi connectivity index (χ3n) is 3.58. The highest BCUT2D eigenvalue weighted by molar-refractivity contribution is 7.99. The van der Waals surface area contributed by atoms with Crippen LogP contribution in [0.5, 0.6) is 0 Å². The molecule has 25 heavy (non-hydrogen) atoms. The second-order valence-electron chi connectivity index (χ2n) is 5.59. The minimum Gasteiger partial charge on any atom is -0.324 e. The van der Waals surface area contributed by atoms with Gasteiger partial charge >= 0.3 is 0 Å².